The second kappa shape index (κ2) is 6.28. The molecule has 1 aromatic carbocycles. The molecule has 0 fully saturated rings. The Hall–Kier alpha value is -2.51. The molecule has 0 unspecified atom stereocenters. The predicted molar refractivity (Wildman–Crippen MR) is 65.1 cm³/mol. The first kappa shape index (κ1) is 13.6. The normalized spacial score (nSPS) is 12.8. The lowest BCUT2D eigenvalue weighted by molar-refractivity contribution is -0.742. The van der Waals surface area contributed by atoms with Gasteiger partial charge in [-0.2, -0.15) is 0 Å². The van der Waals surface area contributed by atoms with Gasteiger partial charge in [0, 0.05) is 6.54 Å². The zero-order chi connectivity index (χ0) is 13.5. The van der Waals surface area contributed by atoms with Crippen LogP contribution in [0.5, 0.6) is 0 Å². The molecule has 1 aliphatic heterocycles. The maximum Gasteiger partial charge on any atom is 0.291 e. The van der Waals surface area contributed by atoms with Crippen LogP contribution in [0.4, 0.5) is 0 Å². The van der Waals surface area contributed by atoms with Gasteiger partial charge in [0.25, 0.3) is 5.09 Å². The van der Waals surface area contributed by atoms with E-state index in [1.807, 2.05) is 11.1 Å². The molecule has 8 heteroatoms. The maximum atomic E-state index is 8.36. The lowest BCUT2D eigenvalue weighted by Gasteiger charge is -2.26. The van der Waals surface area contributed by atoms with Crippen LogP contribution in [0.3, 0.4) is 0 Å². The topological polar surface area (TPSA) is 131 Å². The lowest BCUT2D eigenvalue weighted by Crippen LogP contribution is -2.32. The van der Waals surface area contributed by atoms with E-state index in [0.717, 1.165) is 19.5 Å². The summed E-state index contributed by atoms with van der Waals surface area (Å²) in [6.07, 6.45) is 1.01. The second-order valence-corrected chi connectivity index (χ2v) is 3.67. The lowest BCUT2D eigenvalue weighted by atomic mass is 10.0. The quantitative estimate of drug-likeness (QED) is 0.277. The molecule has 0 spiro atoms. The van der Waals surface area contributed by atoms with Crippen molar-refractivity contribution >= 4 is 5.96 Å². The van der Waals surface area contributed by atoms with Crippen LogP contribution in [0, 0.1) is 10.1 Å². The molecule has 8 nitrogen and oxygen atoms in total. The van der Waals surface area contributed by atoms with Gasteiger partial charge in [0.1, 0.15) is 0 Å². The minimum atomic E-state index is -1.50. The van der Waals surface area contributed by atoms with Crippen molar-refractivity contribution in [3.63, 3.8) is 0 Å². The Kier molecular flexibility index (Phi) is 4.73. The Morgan fingerprint density at radius 3 is 2.50 bits per heavy atom. The molecule has 1 heterocycles. The molecule has 0 atom stereocenters. The molecule has 0 radical (unpaired) electrons. The minimum absolute atomic E-state index is 0.129. The predicted octanol–water partition coefficient (Wildman–Crippen LogP) is -0.115. The van der Waals surface area contributed by atoms with Gasteiger partial charge in [-0.05, 0) is 17.5 Å². The highest BCUT2D eigenvalue weighted by Crippen LogP contribution is 2.18. The number of rotatable bonds is 1. The average Bonchev–Trinajstić information content (AvgIpc) is 2.27. The molecule has 0 aliphatic carbocycles. The van der Waals surface area contributed by atoms with E-state index in [1.54, 1.807) is 0 Å². The monoisotopic (exact) mass is 253 g/mol. The first-order valence-electron chi connectivity index (χ1n) is 5.23. The number of hydrogen-bond acceptors (Lipinski definition) is 4. The smallest absolute Gasteiger partial charge is 0.291 e. The number of benzene rings is 1. The fourth-order valence-electron chi connectivity index (χ4n) is 1.73. The standard InChI is InChI=1S/C10H14N4.HNO3/c11-10(12)13-14-6-5-8-3-1-2-4-9(8)7-14;2-1(3)4/h1-4H,5-7H2,(H4,11,12,13);(H,2,3,4). The van der Waals surface area contributed by atoms with E-state index < -0.39 is 5.09 Å². The Balaban J connectivity index is 0.000000357. The van der Waals surface area contributed by atoms with Gasteiger partial charge < -0.3 is 16.7 Å². The SMILES string of the molecule is NC(N)=NN1CCc2ccccc2C1.O=[N+]([O-])O. The summed E-state index contributed by atoms with van der Waals surface area (Å²) in [7, 11) is 0. The van der Waals surface area contributed by atoms with Crippen LogP contribution >= 0.6 is 0 Å². The molecule has 0 saturated heterocycles. The highest BCUT2D eigenvalue weighted by molar-refractivity contribution is 5.75. The Morgan fingerprint density at radius 2 is 1.94 bits per heavy atom. The molecule has 5 N–H and O–H groups in total. The molecular weight excluding hydrogens is 238 g/mol. The molecule has 1 aliphatic rings. The van der Waals surface area contributed by atoms with Crippen LogP contribution in [0.2, 0.25) is 0 Å². The zero-order valence-electron chi connectivity index (χ0n) is 9.69. The minimum Gasteiger partial charge on any atom is -0.369 e. The van der Waals surface area contributed by atoms with E-state index in [1.165, 1.54) is 11.1 Å². The van der Waals surface area contributed by atoms with E-state index >= 15 is 0 Å². The summed E-state index contributed by atoms with van der Waals surface area (Å²) in [6, 6.07) is 8.37. The number of nitrogens with zero attached hydrogens (tertiary/aromatic N) is 3. The Labute approximate surface area is 104 Å². The molecule has 98 valence electrons. The summed E-state index contributed by atoms with van der Waals surface area (Å²) in [5.74, 6) is 0.129. The summed E-state index contributed by atoms with van der Waals surface area (Å²) >= 11 is 0. The first-order valence-corrected chi connectivity index (χ1v) is 5.23. The largest absolute Gasteiger partial charge is 0.369 e. The first-order chi connectivity index (χ1) is 8.49. The third kappa shape index (κ3) is 4.56. The summed E-state index contributed by atoms with van der Waals surface area (Å²) in [5, 5.41) is 19.6. The van der Waals surface area contributed by atoms with Crippen molar-refractivity contribution < 1.29 is 10.3 Å². The summed E-state index contributed by atoms with van der Waals surface area (Å²) < 4.78 is 0. The van der Waals surface area contributed by atoms with Crippen molar-refractivity contribution in [2.75, 3.05) is 6.54 Å². The van der Waals surface area contributed by atoms with Gasteiger partial charge in [-0.1, -0.05) is 24.3 Å². The van der Waals surface area contributed by atoms with E-state index in [4.69, 9.17) is 26.8 Å². The van der Waals surface area contributed by atoms with Gasteiger partial charge in [0.05, 0.1) is 6.54 Å². The maximum absolute atomic E-state index is 8.36. The Morgan fingerprint density at radius 1 is 1.39 bits per heavy atom. The number of fused-ring (bicyclic) bond motifs is 1. The molecule has 18 heavy (non-hydrogen) atoms. The molecule has 0 bridgehead atoms. The van der Waals surface area contributed by atoms with Crippen molar-refractivity contribution in [2.24, 2.45) is 16.6 Å². The number of nitrogens with two attached hydrogens (primary N) is 2. The van der Waals surface area contributed by atoms with Crippen LogP contribution in [-0.2, 0) is 13.0 Å². The van der Waals surface area contributed by atoms with E-state index in [9.17, 15) is 0 Å². The number of hydrogen-bond donors (Lipinski definition) is 3. The number of guanidine groups is 1. The van der Waals surface area contributed by atoms with Crippen LogP contribution in [0.1, 0.15) is 11.1 Å². The highest BCUT2D eigenvalue weighted by Gasteiger charge is 2.13. The van der Waals surface area contributed by atoms with Crippen molar-refractivity contribution in [2.45, 2.75) is 13.0 Å². The molecule has 0 saturated carbocycles. The molecule has 1 aromatic rings. The van der Waals surface area contributed by atoms with Gasteiger partial charge in [-0.3, -0.25) is 5.01 Å². The van der Waals surface area contributed by atoms with E-state index in [2.05, 4.69) is 23.3 Å². The Bertz CT molecular complexity index is 441. The van der Waals surface area contributed by atoms with Crippen LogP contribution < -0.4 is 11.5 Å². The van der Waals surface area contributed by atoms with E-state index in [-0.39, 0.29) is 5.96 Å². The average molecular weight is 253 g/mol. The molecule has 0 aromatic heterocycles. The second-order valence-electron chi connectivity index (χ2n) is 3.67. The van der Waals surface area contributed by atoms with Crippen molar-refractivity contribution in [3.05, 3.63) is 45.5 Å². The van der Waals surface area contributed by atoms with E-state index in [0.29, 0.717) is 0 Å². The van der Waals surface area contributed by atoms with Gasteiger partial charge >= 0.3 is 0 Å². The highest BCUT2D eigenvalue weighted by atomic mass is 16.9. The molecule has 2 rings (SSSR count). The summed E-state index contributed by atoms with van der Waals surface area (Å²) in [6.45, 7) is 1.68. The summed E-state index contributed by atoms with van der Waals surface area (Å²) in [4.78, 5) is 8.36. The van der Waals surface area contributed by atoms with Crippen LogP contribution in [0.25, 0.3) is 0 Å². The fourth-order valence-corrected chi connectivity index (χ4v) is 1.73. The molecular formula is C10H15N5O3. The van der Waals surface area contributed by atoms with Crippen molar-refractivity contribution in [3.8, 4) is 0 Å². The third-order valence-corrected chi connectivity index (χ3v) is 2.37. The van der Waals surface area contributed by atoms with Gasteiger partial charge in [-0.15, -0.1) is 15.2 Å². The van der Waals surface area contributed by atoms with Gasteiger partial charge in [-0.25, -0.2) is 0 Å². The van der Waals surface area contributed by atoms with Gasteiger partial charge in [0.2, 0.25) is 5.96 Å². The fraction of sp³-hybridized carbons (Fsp3) is 0.300. The van der Waals surface area contributed by atoms with Crippen molar-refractivity contribution in [1.82, 2.24) is 5.01 Å². The molecule has 0 amide bonds. The zero-order valence-corrected chi connectivity index (χ0v) is 9.69. The number of hydrazone groups is 1. The van der Waals surface area contributed by atoms with Crippen LogP contribution in [0.15, 0.2) is 29.4 Å². The third-order valence-electron chi connectivity index (χ3n) is 2.37. The van der Waals surface area contributed by atoms with Gasteiger partial charge in [0.15, 0.2) is 0 Å². The van der Waals surface area contributed by atoms with Crippen molar-refractivity contribution in [1.29, 1.82) is 0 Å². The summed E-state index contributed by atoms with van der Waals surface area (Å²) in [5.41, 5.74) is 13.4. The van der Waals surface area contributed by atoms with Crippen LogP contribution in [-0.4, -0.2) is 27.8 Å².